The third-order valence-corrected chi connectivity index (χ3v) is 4.50. The van der Waals surface area contributed by atoms with Crippen molar-refractivity contribution in [1.29, 1.82) is 0 Å². The molecule has 1 aliphatic rings. The summed E-state index contributed by atoms with van der Waals surface area (Å²) < 4.78 is 5.23. The zero-order valence-electron chi connectivity index (χ0n) is 12.6. The van der Waals surface area contributed by atoms with Gasteiger partial charge >= 0.3 is 0 Å². The van der Waals surface area contributed by atoms with E-state index in [9.17, 15) is 4.79 Å². The number of allylic oxidation sites excluding steroid dienone is 1. The Morgan fingerprint density at radius 1 is 1.18 bits per heavy atom. The van der Waals surface area contributed by atoms with E-state index in [4.69, 9.17) is 16.3 Å². The molecular formula is C19H17ClO2. The average molecular weight is 313 g/mol. The summed E-state index contributed by atoms with van der Waals surface area (Å²) in [6.45, 7) is 2.15. The second-order valence-corrected chi connectivity index (χ2v) is 5.93. The fourth-order valence-electron chi connectivity index (χ4n) is 2.95. The molecule has 2 nitrogen and oxygen atoms in total. The summed E-state index contributed by atoms with van der Waals surface area (Å²) in [6, 6.07) is 13.4. The normalized spacial score (nSPS) is 19.1. The van der Waals surface area contributed by atoms with Gasteiger partial charge in [0.1, 0.15) is 5.75 Å². The van der Waals surface area contributed by atoms with E-state index in [1.54, 1.807) is 7.11 Å². The molecule has 2 aromatic carbocycles. The van der Waals surface area contributed by atoms with Gasteiger partial charge in [0, 0.05) is 11.1 Å². The molecule has 0 spiro atoms. The highest BCUT2D eigenvalue weighted by Crippen LogP contribution is 2.36. The fourth-order valence-corrected chi connectivity index (χ4v) is 3.21. The van der Waals surface area contributed by atoms with E-state index in [2.05, 4.69) is 6.92 Å². The van der Waals surface area contributed by atoms with Gasteiger partial charge in [-0.1, -0.05) is 54.9 Å². The Morgan fingerprint density at radius 2 is 1.95 bits per heavy atom. The predicted octanol–water partition coefficient (Wildman–Crippen LogP) is 5.12. The van der Waals surface area contributed by atoms with Crippen LogP contribution in [-0.2, 0) is 0 Å². The van der Waals surface area contributed by atoms with E-state index in [0.717, 1.165) is 28.7 Å². The first-order valence-corrected chi connectivity index (χ1v) is 7.66. The van der Waals surface area contributed by atoms with Crippen LogP contribution in [0.5, 0.6) is 5.75 Å². The number of carbonyl (C=O) groups is 1. The average Bonchev–Trinajstić information content (AvgIpc) is 2.54. The lowest BCUT2D eigenvalue weighted by molar-refractivity contribution is 0.102. The van der Waals surface area contributed by atoms with Crippen LogP contribution >= 0.6 is 11.6 Å². The number of hydrogen-bond acceptors (Lipinski definition) is 2. The molecule has 0 saturated heterocycles. The second kappa shape index (κ2) is 5.98. The second-order valence-electron chi connectivity index (χ2n) is 5.55. The van der Waals surface area contributed by atoms with Crippen LogP contribution in [0.3, 0.4) is 0 Å². The van der Waals surface area contributed by atoms with Crippen molar-refractivity contribution in [1.82, 2.24) is 0 Å². The molecule has 0 N–H and O–H groups in total. The lowest BCUT2D eigenvalue weighted by Gasteiger charge is -2.23. The molecule has 22 heavy (non-hydrogen) atoms. The van der Waals surface area contributed by atoms with Gasteiger partial charge < -0.3 is 4.74 Å². The summed E-state index contributed by atoms with van der Waals surface area (Å²) in [5, 5.41) is 0.539. The molecular weight excluding hydrogens is 296 g/mol. The van der Waals surface area contributed by atoms with Crippen LogP contribution < -0.4 is 4.74 Å². The van der Waals surface area contributed by atoms with Crippen LogP contribution in [0, 0.1) is 0 Å². The van der Waals surface area contributed by atoms with Crippen LogP contribution in [0.15, 0.2) is 48.0 Å². The summed E-state index contributed by atoms with van der Waals surface area (Å²) in [5.74, 6) is 1.03. The number of ketones is 1. The Kier molecular flexibility index (Phi) is 4.04. The summed E-state index contributed by atoms with van der Waals surface area (Å²) in [4.78, 5) is 12.7. The van der Waals surface area contributed by atoms with Gasteiger partial charge in [0.25, 0.3) is 0 Å². The van der Waals surface area contributed by atoms with Crippen molar-refractivity contribution in [2.45, 2.75) is 19.3 Å². The number of ether oxygens (including phenoxy) is 1. The molecule has 1 unspecified atom stereocenters. The first-order valence-electron chi connectivity index (χ1n) is 7.28. The topological polar surface area (TPSA) is 26.3 Å². The molecule has 2 aromatic rings. The largest absolute Gasteiger partial charge is 0.495 e. The molecule has 0 amide bonds. The number of methoxy groups -OCH3 is 1. The van der Waals surface area contributed by atoms with Crippen LogP contribution in [0.4, 0.5) is 0 Å². The van der Waals surface area contributed by atoms with Crippen LogP contribution in [0.2, 0.25) is 5.02 Å². The minimum atomic E-state index is 0.0904. The lowest BCUT2D eigenvalue weighted by atomic mass is 9.79. The quantitative estimate of drug-likeness (QED) is 0.719. The highest BCUT2D eigenvalue weighted by Gasteiger charge is 2.26. The maximum atomic E-state index is 12.7. The molecule has 3 heteroatoms. The Bertz CT molecular complexity index is 762. The van der Waals surface area contributed by atoms with Crippen molar-refractivity contribution in [2.75, 3.05) is 7.11 Å². The van der Waals surface area contributed by atoms with Gasteiger partial charge in [-0.25, -0.2) is 0 Å². The third kappa shape index (κ3) is 2.55. The van der Waals surface area contributed by atoms with Crippen molar-refractivity contribution >= 4 is 23.5 Å². The maximum Gasteiger partial charge on any atom is 0.189 e. The summed E-state index contributed by atoms with van der Waals surface area (Å²) in [6.07, 6.45) is 2.61. The van der Waals surface area contributed by atoms with Crippen molar-refractivity contribution in [3.63, 3.8) is 0 Å². The highest BCUT2D eigenvalue weighted by atomic mass is 35.5. The molecule has 0 saturated carbocycles. The van der Waals surface area contributed by atoms with Gasteiger partial charge in [-0.15, -0.1) is 0 Å². The minimum absolute atomic E-state index is 0.0904. The highest BCUT2D eigenvalue weighted by molar-refractivity contribution is 6.33. The third-order valence-electron chi connectivity index (χ3n) is 4.10. The zero-order valence-corrected chi connectivity index (χ0v) is 13.4. The number of halogens is 1. The molecule has 3 rings (SSSR count). The standard InChI is InChI=1S/C19H17ClO2/c1-12-10-14(19(21)16-8-4-3-7-15(12)16)11-13-6-5-9-17(22-2)18(13)20/h3-9,11-12H,10H2,1-2H3. The van der Waals surface area contributed by atoms with Crippen molar-refractivity contribution in [2.24, 2.45) is 0 Å². The van der Waals surface area contributed by atoms with E-state index < -0.39 is 0 Å². The lowest BCUT2D eigenvalue weighted by Crippen LogP contribution is -2.16. The summed E-state index contributed by atoms with van der Waals surface area (Å²) in [5.41, 5.74) is 3.53. The van der Waals surface area contributed by atoms with Gasteiger partial charge in [0.05, 0.1) is 12.1 Å². The Labute approximate surface area is 135 Å². The van der Waals surface area contributed by atoms with Crippen LogP contribution in [0.25, 0.3) is 6.08 Å². The Hall–Kier alpha value is -2.06. The molecule has 1 atom stereocenters. The number of fused-ring (bicyclic) bond motifs is 1. The monoisotopic (exact) mass is 312 g/mol. The van der Waals surface area contributed by atoms with Gasteiger partial charge in [0.2, 0.25) is 0 Å². The molecule has 0 aromatic heterocycles. The molecule has 112 valence electrons. The zero-order chi connectivity index (χ0) is 15.7. The number of rotatable bonds is 2. The van der Waals surface area contributed by atoms with Gasteiger partial charge in [0.15, 0.2) is 5.78 Å². The van der Waals surface area contributed by atoms with Gasteiger partial charge in [-0.3, -0.25) is 4.79 Å². The maximum absolute atomic E-state index is 12.7. The molecule has 0 fully saturated rings. The number of hydrogen-bond donors (Lipinski definition) is 0. The number of benzene rings is 2. The van der Waals surface area contributed by atoms with E-state index >= 15 is 0 Å². The summed E-state index contributed by atoms with van der Waals surface area (Å²) in [7, 11) is 1.59. The smallest absolute Gasteiger partial charge is 0.189 e. The Morgan fingerprint density at radius 3 is 2.73 bits per heavy atom. The SMILES string of the molecule is COc1cccc(C=C2CC(C)c3ccccc3C2=O)c1Cl. The number of Topliss-reactive ketones (excluding diaryl/α,β-unsaturated/α-hetero) is 1. The van der Waals surface area contributed by atoms with Crippen LogP contribution in [0.1, 0.15) is 40.7 Å². The van der Waals surface area contributed by atoms with Crippen LogP contribution in [-0.4, -0.2) is 12.9 Å². The van der Waals surface area contributed by atoms with E-state index in [-0.39, 0.29) is 5.78 Å². The number of carbonyl (C=O) groups excluding carboxylic acids is 1. The first kappa shape index (κ1) is 14.9. The van der Waals surface area contributed by atoms with Crippen molar-refractivity contribution < 1.29 is 9.53 Å². The van der Waals surface area contributed by atoms with E-state index in [1.807, 2.05) is 48.5 Å². The van der Waals surface area contributed by atoms with Crippen molar-refractivity contribution in [3.05, 3.63) is 69.8 Å². The van der Waals surface area contributed by atoms with E-state index in [1.165, 1.54) is 0 Å². The van der Waals surface area contributed by atoms with Crippen molar-refractivity contribution in [3.8, 4) is 5.75 Å². The fraction of sp³-hybridized carbons (Fsp3) is 0.211. The predicted molar refractivity (Wildman–Crippen MR) is 89.8 cm³/mol. The van der Waals surface area contributed by atoms with E-state index in [0.29, 0.717) is 16.7 Å². The molecule has 0 bridgehead atoms. The van der Waals surface area contributed by atoms with Gasteiger partial charge in [-0.05, 0) is 35.6 Å². The minimum Gasteiger partial charge on any atom is -0.495 e. The Balaban J connectivity index is 2.05. The summed E-state index contributed by atoms with van der Waals surface area (Å²) >= 11 is 6.33. The first-order chi connectivity index (χ1) is 10.6. The molecule has 0 aliphatic heterocycles. The molecule has 0 heterocycles. The van der Waals surface area contributed by atoms with Gasteiger partial charge in [-0.2, -0.15) is 0 Å². The molecule has 0 radical (unpaired) electrons. The molecule has 1 aliphatic carbocycles.